The second-order valence-electron chi connectivity index (χ2n) is 3.43. The normalized spacial score (nSPS) is 13.9. The SMILES string of the molecule is Cc1nn(C)c2c1-c1[nH]ncc1SC2. The highest BCUT2D eigenvalue weighted by Gasteiger charge is 2.24. The zero-order valence-corrected chi connectivity index (χ0v) is 8.85. The van der Waals surface area contributed by atoms with Crippen molar-refractivity contribution in [3.8, 4) is 11.3 Å². The number of hydrogen-bond donors (Lipinski definition) is 1. The molecule has 5 heteroatoms. The van der Waals surface area contributed by atoms with Crippen molar-refractivity contribution in [3.05, 3.63) is 17.6 Å². The molecule has 0 saturated carbocycles. The predicted octanol–water partition coefficient (Wildman–Crippen LogP) is 1.72. The lowest BCUT2D eigenvalue weighted by molar-refractivity contribution is 0.727. The average Bonchev–Trinajstić information content (AvgIpc) is 2.71. The molecular weight excluding hydrogens is 196 g/mol. The number of fused-ring (bicyclic) bond motifs is 3. The van der Waals surface area contributed by atoms with Crippen LogP contribution in [-0.4, -0.2) is 20.0 Å². The summed E-state index contributed by atoms with van der Waals surface area (Å²) in [4.78, 5) is 1.23. The summed E-state index contributed by atoms with van der Waals surface area (Å²) in [5.41, 5.74) is 4.72. The van der Waals surface area contributed by atoms with Crippen LogP contribution in [0.2, 0.25) is 0 Å². The van der Waals surface area contributed by atoms with Crippen LogP contribution < -0.4 is 0 Å². The molecular formula is C9H10N4S. The Hall–Kier alpha value is -1.23. The molecule has 0 radical (unpaired) electrons. The minimum absolute atomic E-state index is 0.985. The monoisotopic (exact) mass is 206 g/mol. The highest BCUT2D eigenvalue weighted by Crippen LogP contribution is 2.41. The van der Waals surface area contributed by atoms with E-state index < -0.39 is 0 Å². The van der Waals surface area contributed by atoms with E-state index >= 15 is 0 Å². The fourth-order valence-electron chi connectivity index (χ4n) is 1.91. The smallest absolute Gasteiger partial charge is 0.0823 e. The first kappa shape index (κ1) is 8.11. The molecule has 0 aromatic carbocycles. The summed E-state index contributed by atoms with van der Waals surface area (Å²) in [6.07, 6.45) is 1.88. The quantitative estimate of drug-likeness (QED) is 0.714. The molecule has 0 saturated heterocycles. The minimum atomic E-state index is 0.985. The Balaban J connectivity index is 2.35. The Morgan fingerprint density at radius 1 is 1.57 bits per heavy atom. The van der Waals surface area contributed by atoms with E-state index in [9.17, 15) is 0 Å². The maximum absolute atomic E-state index is 4.43. The van der Waals surface area contributed by atoms with Gasteiger partial charge in [0.1, 0.15) is 0 Å². The van der Waals surface area contributed by atoms with Crippen molar-refractivity contribution in [3.63, 3.8) is 0 Å². The second kappa shape index (κ2) is 2.63. The number of aryl methyl sites for hydroxylation is 2. The van der Waals surface area contributed by atoms with Gasteiger partial charge in [0, 0.05) is 18.4 Å². The molecule has 4 nitrogen and oxygen atoms in total. The van der Waals surface area contributed by atoms with Gasteiger partial charge in [0.25, 0.3) is 0 Å². The summed E-state index contributed by atoms with van der Waals surface area (Å²) in [7, 11) is 1.99. The van der Waals surface area contributed by atoms with Crippen LogP contribution in [-0.2, 0) is 12.8 Å². The van der Waals surface area contributed by atoms with E-state index in [1.165, 1.54) is 16.2 Å². The van der Waals surface area contributed by atoms with Crippen LogP contribution in [0, 0.1) is 6.92 Å². The van der Waals surface area contributed by atoms with E-state index in [-0.39, 0.29) is 0 Å². The summed E-state index contributed by atoms with van der Waals surface area (Å²) in [5, 5.41) is 11.5. The molecule has 1 aliphatic rings. The lowest BCUT2D eigenvalue weighted by Gasteiger charge is -2.11. The largest absolute Gasteiger partial charge is 0.277 e. The molecule has 3 heterocycles. The molecule has 1 N–H and O–H groups in total. The fourth-order valence-corrected chi connectivity index (χ4v) is 2.95. The highest BCUT2D eigenvalue weighted by molar-refractivity contribution is 7.98. The third kappa shape index (κ3) is 0.901. The molecule has 0 aliphatic carbocycles. The van der Waals surface area contributed by atoms with E-state index in [4.69, 9.17) is 0 Å². The van der Waals surface area contributed by atoms with Gasteiger partial charge in [-0.15, -0.1) is 11.8 Å². The van der Waals surface area contributed by atoms with Crippen molar-refractivity contribution in [1.82, 2.24) is 20.0 Å². The molecule has 2 aromatic rings. The molecule has 0 bridgehead atoms. The maximum Gasteiger partial charge on any atom is 0.0823 e. The van der Waals surface area contributed by atoms with Crippen LogP contribution in [0.25, 0.3) is 11.3 Å². The molecule has 0 spiro atoms. The number of thioether (sulfide) groups is 1. The molecule has 2 aromatic heterocycles. The molecule has 0 fully saturated rings. The van der Waals surface area contributed by atoms with Gasteiger partial charge in [0.05, 0.1) is 28.2 Å². The first-order valence-corrected chi connectivity index (χ1v) is 5.45. The summed E-state index contributed by atoms with van der Waals surface area (Å²) in [5.74, 6) is 0.985. The van der Waals surface area contributed by atoms with Crippen molar-refractivity contribution in [1.29, 1.82) is 0 Å². The first-order valence-electron chi connectivity index (χ1n) is 4.46. The molecule has 1 aliphatic heterocycles. The van der Waals surface area contributed by atoms with E-state index in [0.717, 1.165) is 17.1 Å². The third-order valence-electron chi connectivity index (χ3n) is 2.56. The molecule has 0 amide bonds. The summed E-state index contributed by atoms with van der Waals surface area (Å²) >= 11 is 1.81. The van der Waals surface area contributed by atoms with E-state index in [1.54, 1.807) is 0 Å². The van der Waals surface area contributed by atoms with E-state index in [2.05, 4.69) is 15.3 Å². The zero-order valence-electron chi connectivity index (χ0n) is 8.03. The Labute approximate surface area is 85.7 Å². The maximum atomic E-state index is 4.43. The molecule has 0 unspecified atom stereocenters. The Kier molecular flexibility index (Phi) is 1.53. The van der Waals surface area contributed by atoms with Gasteiger partial charge in [0.15, 0.2) is 0 Å². The Morgan fingerprint density at radius 3 is 3.29 bits per heavy atom. The van der Waals surface area contributed by atoms with E-state index in [1.807, 2.05) is 36.6 Å². The van der Waals surface area contributed by atoms with Crippen LogP contribution in [0.3, 0.4) is 0 Å². The van der Waals surface area contributed by atoms with Crippen LogP contribution in [0.5, 0.6) is 0 Å². The lowest BCUT2D eigenvalue weighted by atomic mass is 10.1. The molecule has 14 heavy (non-hydrogen) atoms. The van der Waals surface area contributed by atoms with Crippen LogP contribution in [0.4, 0.5) is 0 Å². The van der Waals surface area contributed by atoms with Gasteiger partial charge < -0.3 is 0 Å². The van der Waals surface area contributed by atoms with Gasteiger partial charge in [-0.3, -0.25) is 9.78 Å². The van der Waals surface area contributed by atoms with Crippen LogP contribution in [0.1, 0.15) is 11.4 Å². The van der Waals surface area contributed by atoms with Crippen LogP contribution >= 0.6 is 11.8 Å². The number of H-pyrrole nitrogens is 1. The number of rotatable bonds is 0. The van der Waals surface area contributed by atoms with Crippen molar-refractivity contribution in [2.45, 2.75) is 17.6 Å². The first-order chi connectivity index (χ1) is 6.77. The summed E-state index contributed by atoms with van der Waals surface area (Å²) in [6.45, 7) is 2.04. The molecule has 0 atom stereocenters. The number of aromatic amines is 1. The second-order valence-corrected chi connectivity index (χ2v) is 4.45. The van der Waals surface area contributed by atoms with Gasteiger partial charge in [-0.25, -0.2) is 0 Å². The van der Waals surface area contributed by atoms with Crippen LogP contribution in [0.15, 0.2) is 11.1 Å². The lowest BCUT2D eigenvalue weighted by Crippen LogP contribution is -2.00. The highest BCUT2D eigenvalue weighted by atomic mass is 32.2. The van der Waals surface area contributed by atoms with Crippen molar-refractivity contribution < 1.29 is 0 Å². The van der Waals surface area contributed by atoms with Crippen molar-refractivity contribution in [2.75, 3.05) is 0 Å². The minimum Gasteiger partial charge on any atom is -0.277 e. The standard InChI is InChI=1S/C9H10N4S/c1-5-8-6(13(2)12-5)4-14-7-3-10-11-9(7)8/h3H,4H2,1-2H3,(H,10,11). The number of nitrogens with zero attached hydrogens (tertiary/aromatic N) is 3. The Bertz CT molecular complexity index is 497. The molecule has 3 rings (SSSR count). The number of hydrogen-bond acceptors (Lipinski definition) is 3. The average molecular weight is 206 g/mol. The number of aromatic nitrogens is 4. The fraction of sp³-hybridized carbons (Fsp3) is 0.333. The van der Waals surface area contributed by atoms with Gasteiger partial charge in [0.2, 0.25) is 0 Å². The summed E-state index contributed by atoms with van der Waals surface area (Å²) in [6, 6.07) is 0. The topological polar surface area (TPSA) is 46.5 Å². The molecule has 72 valence electrons. The van der Waals surface area contributed by atoms with Crippen molar-refractivity contribution in [2.24, 2.45) is 7.05 Å². The summed E-state index contributed by atoms with van der Waals surface area (Å²) < 4.78 is 1.96. The van der Waals surface area contributed by atoms with E-state index in [0.29, 0.717) is 0 Å². The van der Waals surface area contributed by atoms with Gasteiger partial charge in [-0.1, -0.05) is 0 Å². The zero-order chi connectivity index (χ0) is 9.71. The van der Waals surface area contributed by atoms with Gasteiger partial charge in [-0.2, -0.15) is 10.2 Å². The Morgan fingerprint density at radius 2 is 2.43 bits per heavy atom. The third-order valence-corrected chi connectivity index (χ3v) is 3.60. The van der Waals surface area contributed by atoms with Gasteiger partial charge >= 0.3 is 0 Å². The predicted molar refractivity (Wildman–Crippen MR) is 55.1 cm³/mol. The van der Waals surface area contributed by atoms with Gasteiger partial charge in [-0.05, 0) is 6.92 Å². The number of nitrogens with one attached hydrogen (secondary N) is 1. The van der Waals surface area contributed by atoms with Crippen molar-refractivity contribution >= 4 is 11.8 Å².